The molecule has 2 aromatic rings. The molecule has 140 valence electrons. The van der Waals surface area contributed by atoms with Crippen molar-refractivity contribution < 1.29 is 19.1 Å². The average Bonchev–Trinajstić information content (AvgIpc) is 2.98. The second-order valence-electron chi connectivity index (χ2n) is 6.60. The minimum atomic E-state index is -0.250. The summed E-state index contributed by atoms with van der Waals surface area (Å²) in [4.78, 5) is 26.1. The minimum absolute atomic E-state index is 0.0595. The molecule has 0 saturated carbocycles. The fourth-order valence-corrected chi connectivity index (χ4v) is 3.77. The molecule has 0 unspecified atom stereocenters. The highest BCUT2D eigenvalue weighted by molar-refractivity contribution is 5.78. The Morgan fingerprint density at radius 1 is 1.27 bits per heavy atom. The Morgan fingerprint density at radius 2 is 2.00 bits per heavy atom. The SMILES string of the molecule is COc1ccc2occ(CN3CCN4CCC3CC4)c(=O)c2c1.O=CO. The number of methoxy groups -OCH3 is 1. The number of carboxylic acid groups (broad SMARTS) is 1. The lowest BCUT2D eigenvalue weighted by molar-refractivity contribution is -0.122. The summed E-state index contributed by atoms with van der Waals surface area (Å²) in [6.07, 6.45) is 4.04. The number of hydrogen-bond donors (Lipinski definition) is 1. The van der Waals surface area contributed by atoms with E-state index in [0.717, 1.165) is 18.7 Å². The van der Waals surface area contributed by atoms with E-state index in [0.29, 0.717) is 29.3 Å². The molecule has 5 rings (SSSR count). The first-order valence-electron chi connectivity index (χ1n) is 8.79. The maximum atomic E-state index is 12.8. The van der Waals surface area contributed by atoms with Crippen LogP contribution in [-0.4, -0.2) is 60.7 Å². The van der Waals surface area contributed by atoms with Gasteiger partial charge >= 0.3 is 0 Å². The molecule has 1 aromatic heterocycles. The van der Waals surface area contributed by atoms with Gasteiger partial charge in [-0.25, -0.2) is 0 Å². The first-order chi connectivity index (χ1) is 12.7. The first kappa shape index (κ1) is 18.4. The van der Waals surface area contributed by atoms with Crippen molar-refractivity contribution >= 4 is 17.4 Å². The summed E-state index contributed by atoms with van der Waals surface area (Å²) >= 11 is 0. The maximum absolute atomic E-state index is 12.8. The van der Waals surface area contributed by atoms with E-state index >= 15 is 0 Å². The average molecular weight is 360 g/mol. The zero-order valence-electron chi connectivity index (χ0n) is 14.9. The van der Waals surface area contributed by atoms with Gasteiger partial charge in [-0.2, -0.15) is 0 Å². The molecule has 3 aliphatic rings. The smallest absolute Gasteiger partial charge is 0.290 e. The van der Waals surface area contributed by atoms with Crippen LogP contribution in [-0.2, 0) is 11.3 Å². The van der Waals surface area contributed by atoms with Crippen LogP contribution in [0.5, 0.6) is 5.75 Å². The standard InChI is InChI=1S/C18H22N2O3.CH2O2/c1-22-15-2-3-17-16(10-15)18(21)13(12-23-17)11-20-9-8-19-6-4-14(20)5-7-19;2-1-3/h2-3,10,12,14H,4-9,11H2,1H3;1H,(H,2,3). The molecule has 1 aromatic carbocycles. The number of nitrogens with zero attached hydrogens (tertiary/aromatic N) is 2. The van der Waals surface area contributed by atoms with Crippen LogP contribution in [0.1, 0.15) is 18.4 Å². The maximum Gasteiger partial charge on any atom is 0.290 e. The van der Waals surface area contributed by atoms with Crippen LogP contribution >= 0.6 is 0 Å². The molecule has 4 heterocycles. The van der Waals surface area contributed by atoms with E-state index in [2.05, 4.69) is 9.80 Å². The summed E-state index contributed by atoms with van der Waals surface area (Å²) in [6, 6.07) is 5.96. The van der Waals surface area contributed by atoms with Gasteiger partial charge in [0.05, 0.1) is 18.8 Å². The van der Waals surface area contributed by atoms with Crippen LogP contribution in [0, 0.1) is 0 Å². The molecule has 0 amide bonds. The molecule has 7 heteroatoms. The van der Waals surface area contributed by atoms with E-state index in [1.54, 1.807) is 25.5 Å². The van der Waals surface area contributed by atoms with E-state index in [1.807, 2.05) is 6.07 Å². The lowest BCUT2D eigenvalue weighted by atomic mass is 10.0. The highest BCUT2D eigenvalue weighted by Gasteiger charge is 2.29. The number of ether oxygens (including phenoxy) is 1. The highest BCUT2D eigenvalue weighted by atomic mass is 16.5. The monoisotopic (exact) mass is 360 g/mol. The van der Waals surface area contributed by atoms with Gasteiger partial charge < -0.3 is 19.2 Å². The molecule has 26 heavy (non-hydrogen) atoms. The fraction of sp³-hybridized carbons (Fsp3) is 0.474. The van der Waals surface area contributed by atoms with E-state index in [4.69, 9.17) is 19.1 Å². The van der Waals surface area contributed by atoms with Crippen LogP contribution in [0.4, 0.5) is 0 Å². The van der Waals surface area contributed by atoms with E-state index in [-0.39, 0.29) is 11.9 Å². The molecular weight excluding hydrogens is 336 g/mol. The topological polar surface area (TPSA) is 83.2 Å². The predicted molar refractivity (Wildman–Crippen MR) is 97.6 cm³/mol. The van der Waals surface area contributed by atoms with Crippen LogP contribution in [0.15, 0.2) is 33.7 Å². The molecule has 0 spiro atoms. The summed E-state index contributed by atoms with van der Waals surface area (Å²) in [7, 11) is 1.61. The summed E-state index contributed by atoms with van der Waals surface area (Å²) in [6.45, 7) is 4.92. The quantitative estimate of drug-likeness (QED) is 0.836. The summed E-state index contributed by atoms with van der Waals surface area (Å²) in [5, 5.41) is 7.49. The summed E-state index contributed by atoms with van der Waals surface area (Å²) in [5.41, 5.74) is 1.41. The zero-order chi connectivity index (χ0) is 18.5. The Bertz CT molecular complexity index is 811. The lowest BCUT2D eigenvalue weighted by Crippen LogP contribution is -2.38. The number of fused-ring (bicyclic) bond motifs is 5. The first-order valence-corrected chi connectivity index (χ1v) is 8.79. The molecule has 1 N–H and O–H groups in total. The Morgan fingerprint density at radius 3 is 2.69 bits per heavy atom. The van der Waals surface area contributed by atoms with Crippen molar-refractivity contribution in [3.05, 3.63) is 40.2 Å². The molecule has 3 aliphatic heterocycles. The molecule has 2 bridgehead atoms. The molecule has 3 fully saturated rings. The van der Waals surface area contributed by atoms with Gasteiger partial charge in [-0.1, -0.05) is 0 Å². The number of rotatable bonds is 3. The number of hydrogen-bond acceptors (Lipinski definition) is 6. The van der Waals surface area contributed by atoms with Crippen molar-refractivity contribution in [3.8, 4) is 5.75 Å². The largest absolute Gasteiger partial charge is 0.497 e. The predicted octanol–water partition coefficient (Wildman–Crippen LogP) is 1.78. The van der Waals surface area contributed by atoms with Gasteiger partial charge in [0.15, 0.2) is 5.43 Å². The van der Waals surface area contributed by atoms with Crippen molar-refractivity contribution in [1.29, 1.82) is 0 Å². The summed E-state index contributed by atoms with van der Waals surface area (Å²) < 4.78 is 10.9. The molecule has 0 radical (unpaired) electrons. The van der Waals surface area contributed by atoms with E-state index in [9.17, 15) is 4.79 Å². The fourth-order valence-electron chi connectivity index (χ4n) is 3.77. The number of piperidine rings is 1. The third-order valence-electron chi connectivity index (χ3n) is 5.20. The zero-order valence-corrected chi connectivity index (χ0v) is 14.9. The van der Waals surface area contributed by atoms with Crippen LogP contribution < -0.4 is 10.2 Å². The third kappa shape index (κ3) is 3.89. The van der Waals surface area contributed by atoms with Gasteiger partial charge in [0, 0.05) is 31.2 Å². The third-order valence-corrected chi connectivity index (χ3v) is 5.20. The van der Waals surface area contributed by atoms with Gasteiger partial charge in [0.25, 0.3) is 6.47 Å². The molecule has 3 saturated heterocycles. The number of benzene rings is 1. The van der Waals surface area contributed by atoms with Crippen LogP contribution in [0.3, 0.4) is 0 Å². The Hall–Kier alpha value is -2.38. The second-order valence-corrected chi connectivity index (χ2v) is 6.60. The minimum Gasteiger partial charge on any atom is -0.497 e. The Balaban J connectivity index is 0.000000613. The Labute approximate surface area is 151 Å². The highest BCUT2D eigenvalue weighted by Crippen LogP contribution is 2.23. The van der Waals surface area contributed by atoms with Crippen molar-refractivity contribution in [2.24, 2.45) is 0 Å². The van der Waals surface area contributed by atoms with Crippen molar-refractivity contribution in [1.82, 2.24) is 9.80 Å². The van der Waals surface area contributed by atoms with Crippen LogP contribution in [0.2, 0.25) is 0 Å². The van der Waals surface area contributed by atoms with Gasteiger partial charge in [0.2, 0.25) is 0 Å². The van der Waals surface area contributed by atoms with Crippen LogP contribution in [0.25, 0.3) is 11.0 Å². The summed E-state index contributed by atoms with van der Waals surface area (Å²) in [5.74, 6) is 0.683. The van der Waals surface area contributed by atoms with Gasteiger partial charge in [-0.15, -0.1) is 0 Å². The van der Waals surface area contributed by atoms with Gasteiger partial charge in [0.1, 0.15) is 11.3 Å². The number of carbonyl (C=O) groups is 1. The van der Waals surface area contributed by atoms with Crippen molar-refractivity contribution in [2.75, 3.05) is 33.3 Å². The van der Waals surface area contributed by atoms with Crippen molar-refractivity contribution in [3.63, 3.8) is 0 Å². The molecule has 0 atom stereocenters. The van der Waals surface area contributed by atoms with Crippen molar-refractivity contribution in [2.45, 2.75) is 25.4 Å². The second kappa shape index (κ2) is 8.33. The lowest BCUT2D eigenvalue weighted by Gasteiger charge is -2.31. The molecular formula is C19H24N2O5. The van der Waals surface area contributed by atoms with Gasteiger partial charge in [-0.05, 0) is 44.1 Å². The van der Waals surface area contributed by atoms with E-state index in [1.165, 1.54) is 25.9 Å². The normalized spacial score (nSPS) is 22.3. The van der Waals surface area contributed by atoms with Gasteiger partial charge in [-0.3, -0.25) is 14.5 Å². The van der Waals surface area contributed by atoms with E-state index < -0.39 is 0 Å². The Kier molecular flexibility index (Phi) is 5.90. The molecule has 0 aliphatic carbocycles. The molecule has 7 nitrogen and oxygen atoms in total.